The number of aromatic nitrogens is 2. The molecule has 2 aromatic rings. The summed E-state index contributed by atoms with van der Waals surface area (Å²) in [6.07, 6.45) is 3.62. The van der Waals surface area contributed by atoms with Crippen molar-refractivity contribution in [2.24, 2.45) is 0 Å². The fourth-order valence-corrected chi connectivity index (χ4v) is 1.87. The summed E-state index contributed by atoms with van der Waals surface area (Å²) in [6.45, 7) is 5.20. The Bertz CT molecular complexity index is 581. The number of anilines is 1. The molecule has 0 unspecified atom stereocenters. The van der Waals surface area contributed by atoms with Crippen LogP contribution in [-0.4, -0.2) is 9.13 Å². The number of imidazole rings is 1. The van der Waals surface area contributed by atoms with Crippen LogP contribution in [0.4, 0.5) is 5.69 Å². The molecule has 0 atom stereocenters. The number of nitrogens with two attached hydrogens (primary N) is 1. The SMILES string of the molecule is CCn1ccn(Cc2cccc(N)c2C)c1=O. The van der Waals surface area contributed by atoms with Crippen molar-refractivity contribution in [3.63, 3.8) is 0 Å². The Labute approximate surface area is 100 Å². The van der Waals surface area contributed by atoms with E-state index in [0.717, 1.165) is 16.8 Å². The van der Waals surface area contributed by atoms with Crippen molar-refractivity contribution >= 4 is 5.69 Å². The maximum Gasteiger partial charge on any atom is 0.328 e. The van der Waals surface area contributed by atoms with Crippen molar-refractivity contribution in [2.75, 3.05) is 5.73 Å². The molecule has 1 aromatic heterocycles. The van der Waals surface area contributed by atoms with Gasteiger partial charge in [-0.05, 0) is 31.0 Å². The number of hydrogen-bond acceptors (Lipinski definition) is 2. The normalized spacial score (nSPS) is 10.7. The molecule has 1 aromatic carbocycles. The lowest BCUT2D eigenvalue weighted by molar-refractivity contribution is 0.667. The molecular formula is C13H17N3O. The Morgan fingerprint density at radius 2 is 1.94 bits per heavy atom. The Kier molecular flexibility index (Phi) is 3.04. The zero-order valence-electron chi connectivity index (χ0n) is 10.2. The molecule has 0 fully saturated rings. The molecule has 0 radical (unpaired) electrons. The molecule has 4 nitrogen and oxygen atoms in total. The smallest absolute Gasteiger partial charge is 0.328 e. The maximum absolute atomic E-state index is 11.9. The molecule has 17 heavy (non-hydrogen) atoms. The van der Waals surface area contributed by atoms with E-state index in [0.29, 0.717) is 13.1 Å². The van der Waals surface area contributed by atoms with Gasteiger partial charge in [-0.15, -0.1) is 0 Å². The van der Waals surface area contributed by atoms with E-state index in [1.165, 1.54) is 0 Å². The molecule has 0 aliphatic rings. The van der Waals surface area contributed by atoms with Gasteiger partial charge in [0.05, 0.1) is 6.54 Å². The Hall–Kier alpha value is -1.97. The number of aryl methyl sites for hydroxylation is 1. The molecule has 0 aliphatic heterocycles. The summed E-state index contributed by atoms with van der Waals surface area (Å²) in [5, 5.41) is 0. The third-order valence-electron chi connectivity index (χ3n) is 3.09. The van der Waals surface area contributed by atoms with Crippen LogP contribution in [0.1, 0.15) is 18.1 Å². The zero-order valence-corrected chi connectivity index (χ0v) is 10.2. The van der Waals surface area contributed by atoms with E-state index in [2.05, 4.69) is 0 Å². The molecule has 90 valence electrons. The predicted molar refractivity (Wildman–Crippen MR) is 69.1 cm³/mol. The highest BCUT2D eigenvalue weighted by atomic mass is 16.1. The van der Waals surface area contributed by atoms with Gasteiger partial charge >= 0.3 is 5.69 Å². The second kappa shape index (κ2) is 4.49. The first-order valence-corrected chi connectivity index (χ1v) is 5.73. The average molecular weight is 231 g/mol. The second-order valence-corrected chi connectivity index (χ2v) is 4.13. The highest BCUT2D eigenvalue weighted by Crippen LogP contribution is 2.15. The molecule has 0 spiro atoms. The van der Waals surface area contributed by atoms with Crippen LogP contribution in [0, 0.1) is 6.92 Å². The lowest BCUT2D eigenvalue weighted by Crippen LogP contribution is -2.24. The van der Waals surface area contributed by atoms with Crippen molar-refractivity contribution < 1.29 is 0 Å². The van der Waals surface area contributed by atoms with Gasteiger partial charge in [-0.3, -0.25) is 9.13 Å². The molecule has 2 rings (SSSR count). The summed E-state index contributed by atoms with van der Waals surface area (Å²) in [5.74, 6) is 0. The van der Waals surface area contributed by atoms with Gasteiger partial charge in [-0.1, -0.05) is 12.1 Å². The third kappa shape index (κ3) is 2.11. The molecule has 0 saturated heterocycles. The molecule has 0 aliphatic carbocycles. The van der Waals surface area contributed by atoms with Gasteiger partial charge in [-0.2, -0.15) is 0 Å². The topological polar surface area (TPSA) is 52.9 Å². The summed E-state index contributed by atoms with van der Waals surface area (Å²) in [4.78, 5) is 11.9. The lowest BCUT2D eigenvalue weighted by Gasteiger charge is -2.08. The van der Waals surface area contributed by atoms with Crippen molar-refractivity contribution in [2.45, 2.75) is 26.9 Å². The van der Waals surface area contributed by atoms with E-state index in [1.807, 2.05) is 44.4 Å². The highest BCUT2D eigenvalue weighted by Gasteiger charge is 2.05. The largest absolute Gasteiger partial charge is 0.399 e. The fraction of sp³-hybridized carbons (Fsp3) is 0.308. The Morgan fingerprint density at radius 1 is 1.24 bits per heavy atom. The van der Waals surface area contributed by atoms with Crippen LogP contribution in [-0.2, 0) is 13.1 Å². The van der Waals surface area contributed by atoms with Crippen LogP contribution in [0.15, 0.2) is 35.4 Å². The van der Waals surface area contributed by atoms with Gasteiger partial charge in [0, 0.05) is 24.6 Å². The molecule has 0 amide bonds. The molecule has 4 heteroatoms. The van der Waals surface area contributed by atoms with Gasteiger partial charge in [-0.25, -0.2) is 4.79 Å². The summed E-state index contributed by atoms with van der Waals surface area (Å²) >= 11 is 0. The van der Waals surface area contributed by atoms with Crippen molar-refractivity contribution in [3.8, 4) is 0 Å². The van der Waals surface area contributed by atoms with Crippen LogP contribution in [0.5, 0.6) is 0 Å². The standard InChI is InChI=1S/C13H17N3O/c1-3-15-7-8-16(13(15)17)9-11-5-4-6-12(14)10(11)2/h4-8H,3,9,14H2,1-2H3. The quantitative estimate of drug-likeness (QED) is 0.816. The number of rotatable bonds is 3. The van der Waals surface area contributed by atoms with E-state index in [1.54, 1.807) is 9.13 Å². The van der Waals surface area contributed by atoms with Crippen molar-refractivity contribution in [1.29, 1.82) is 0 Å². The van der Waals surface area contributed by atoms with Gasteiger partial charge in [0.2, 0.25) is 0 Å². The van der Waals surface area contributed by atoms with Gasteiger partial charge < -0.3 is 5.73 Å². The predicted octanol–water partition coefficient (Wildman–Crippen LogP) is 1.61. The van der Waals surface area contributed by atoms with Gasteiger partial charge in [0.1, 0.15) is 0 Å². The van der Waals surface area contributed by atoms with E-state index in [4.69, 9.17) is 5.73 Å². The van der Waals surface area contributed by atoms with Gasteiger partial charge in [0.25, 0.3) is 0 Å². The first-order valence-electron chi connectivity index (χ1n) is 5.73. The first-order chi connectivity index (χ1) is 8.13. The molecule has 0 saturated carbocycles. The molecule has 1 heterocycles. The highest BCUT2D eigenvalue weighted by molar-refractivity contribution is 5.49. The van der Waals surface area contributed by atoms with E-state index in [-0.39, 0.29) is 5.69 Å². The zero-order chi connectivity index (χ0) is 12.4. The van der Waals surface area contributed by atoms with Crippen LogP contribution < -0.4 is 11.4 Å². The third-order valence-corrected chi connectivity index (χ3v) is 3.09. The summed E-state index contributed by atoms with van der Waals surface area (Å²) in [5.41, 5.74) is 8.77. The number of nitrogen functional groups attached to an aromatic ring is 1. The molecule has 2 N–H and O–H groups in total. The maximum atomic E-state index is 11.9. The van der Waals surface area contributed by atoms with E-state index >= 15 is 0 Å². The number of benzene rings is 1. The van der Waals surface area contributed by atoms with Crippen molar-refractivity contribution in [1.82, 2.24) is 9.13 Å². The molecule has 0 bridgehead atoms. The first kappa shape index (κ1) is 11.5. The monoisotopic (exact) mass is 231 g/mol. The van der Waals surface area contributed by atoms with Crippen LogP contribution in [0.3, 0.4) is 0 Å². The lowest BCUT2D eigenvalue weighted by atomic mass is 10.1. The van der Waals surface area contributed by atoms with Crippen molar-refractivity contribution in [3.05, 3.63) is 52.2 Å². The minimum Gasteiger partial charge on any atom is -0.399 e. The minimum atomic E-state index is 0.0225. The van der Waals surface area contributed by atoms with Gasteiger partial charge in [0.15, 0.2) is 0 Å². The summed E-state index contributed by atoms with van der Waals surface area (Å²) in [6, 6.07) is 5.79. The van der Waals surface area contributed by atoms with Crippen LogP contribution in [0.2, 0.25) is 0 Å². The van der Waals surface area contributed by atoms with Crippen LogP contribution >= 0.6 is 0 Å². The molecular weight excluding hydrogens is 214 g/mol. The summed E-state index contributed by atoms with van der Waals surface area (Å²) < 4.78 is 3.38. The Morgan fingerprint density at radius 3 is 2.59 bits per heavy atom. The minimum absolute atomic E-state index is 0.0225. The van der Waals surface area contributed by atoms with Crippen LogP contribution in [0.25, 0.3) is 0 Å². The number of nitrogens with zero attached hydrogens (tertiary/aromatic N) is 2. The number of hydrogen-bond donors (Lipinski definition) is 1. The Balaban J connectivity index is 2.35. The van der Waals surface area contributed by atoms with E-state index < -0.39 is 0 Å². The second-order valence-electron chi connectivity index (χ2n) is 4.13. The van der Waals surface area contributed by atoms with E-state index in [9.17, 15) is 4.79 Å². The fourth-order valence-electron chi connectivity index (χ4n) is 1.87. The summed E-state index contributed by atoms with van der Waals surface area (Å²) in [7, 11) is 0. The average Bonchev–Trinajstić information content (AvgIpc) is 2.66.